The number of nitrogens with one attached hydrogen (secondary N) is 1. The number of imide groups is 3. The van der Waals surface area contributed by atoms with Crippen molar-refractivity contribution in [3.63, 3.8) is 0 Å². The van der Waals surface area contributed by atoms with Crippen molar-refractivity contribution in [3.8, 4) is 0 Å². The fraction of sp³-hybridized carbons (Fsp3) is 0.143. The molecule has 3 aromatic carbocycles. The van der Waals surface area contributed by atoms with Crippen molar-refractivity contribution in [2.24, 2.45) is 0 Å². The SMILES string of the molecule is CCN1C(=O)c2ccccc2C1=O.CCN1C(=O)c2ccccc2C1=O.O=C1NC(=O)c2ccccc21. The zero-order valence-corrected chi connectivity index (χ0v) is 20.2. The number of amides is 6. The standard InChI is InChI=1S/2C10H9NO2.C8H5NO2/c2*1-2-11-9(12)7-5-3-4-6-8(7)10(11)13;10-7-5-3-1-2-4-6(5)8(11)9-7/h2*3-6H,2H2,1H3;1-4H,(H,9,10,11). The largest absolute Gasteiger partial charge is 0.288 e. The van der Waals surface area contributed by atoms with Crippen LogP contribution in [0.3, 0.4) is 0 Å². The van der Waals surface area contributed by atoms with E-state index in [4.69, 9.17) is 0 Å². The molecule has 6 rings (SSSR count). The Hall–Kier alpha value is -4.92. The fourth-order valence-corrected chi connectivity index (χ4v) is 4.17. The summed E-state index contributed by atoms with van der Waals surface area (Å²) in [6.07, 6.45) is 0. The van der Waals surface area contributed by atoms with E-state index in [1.165, 1.54) is 9.80 Å². The molecule has 0 aromatic heterocycles. The highest BCUT2D eigenvalue weighted by Crippen LogP contribution is 2.22. The third kappa shape index (κ3) is 4.54. The summed E-state index contributed by atoms with van der Waals surface area (Å²) in [7, 11) is 0. The summed E-state index contributed by atoms with van der Waals surface area (Å²) in [6, 6.07) is 20.5. The third-order valence-electron chi connectivity index (χ3n) is 6.03. The van der Waals surface area contributed by atoms with Gasteiger partial charge in [0.15, 0.2) is 0 Å². The molecule has 6 amide bonds. The van der Waals surface area contributed by atoms with Crippen molar-refractivity contribution in [1.29, 1.82) is 0 Å². The average Bonchev–Trinajstić information content (AvgIpc) is 3.46. The Labute approximate surface area is 212 Å². The molecular formula is C28H23N3O6. The Morgan fingerprint density at radius 2 is 0.703 bits per heavy atom. The van der Waals surface area contributed by atoms with E-state index in [1.807, 2.05) is 0 Å². The van der Waals surface area contributed by atoms with Crippen molar-refractivity contribution in [3.05, 3.63) is 106 Å². The molecule has 0 fully saturated rings. The minimum Gasteiger partial charge on any atom is -0.288 e. The molecule has 9 nitrogen and oxygen atoms in total. The number of rotatable bonds is 2. The van der Waals surface area contributed by atoms with Gasteiger partial charge in [-0.3, -0.25) is 43.9 Å². The molecular weight excluding hydrogens is 474 g/mol. The fourth-order valence-electron chi connectivity index (χ4n) is 4.17. The Balaban J connectivity index is 0.000000130. The lowest BCUT2D eigenvalue weighted by Gasteiger charge is -2.08. The highest BCUT2D eigenvalue weighted by Gasteiger charge is 2.34. The van der Waals surface area contributed by atoms with E-state index in [1.54, 1.807) is 86.6 Å². The van der Waals surface area contributed by atoms with Crippen LogP contribution in [0.25, 0.3) is 0 Å². The molecule has 0 aliphatic carbocycles. The molecule has 0 saturated heterocycles. The first-order valence-corrected chi connectivity index (χ1v) is 11.6. The molecule has 0 unspecified atom stereocenters. The van der Waals surface area contributed by atoms with Crippen LogP contribution in [0.1, 0.15) is 76.0 Å². The van der Waals surface area contributed by atoms with Crippen molar-refractivity contribution < 1.29 is 28.8 Å². The van der Waals surface area contributed by atoms with Crippen LogP contribution in [0, 0.1) is 0 Å². The van der Waals surface area contributed by atoms with Gasteiger partial charge in [0.1, 0.15) is 0 Å². The summed E-state index contributed by atoms with van der Waals surface area (Å²) in [4.78, 5) is 70.6. The summed E-state index contributed by atoms with van der Waals surface area (Å²) in [5.41, 5.74) is 3.03. The molecule has 3 heterocycles. The van der Waals surface area contributed by atoms with Crippen LogP contribution in [-0.2, 0) is 0 Å². The van der Waals surface area contributed by atoms with Gasteiger partial charge in [-0.2, -0.15) is 0 Å². The quantitative estimate of drug-likeness (QED) is 0.543. The summed E-state index contributed by atoms with van der Waals surface area (Å²) >= 11 is 0. The first-order chi connectivity index (χ1) is 17.8. The van der Waals surface area contributed by atoms with Crippen molar-refractivity contribution in [2.45, 2.75) is 13.8 Å². The molecule has 0 radical (unpaired) electrons. The number of carbonyl (C=O) groups is 6. The molecule has 3 aromatic rings. The van der Waals surface area contributed by atoms with Gasteiger partial charge in [-0.15, -0.1) is 0 Å². The van der Waals surface area contributed by atoms with Crippen LogP contribution in [0.2, 0.25) is 0 Å². The van der Waals surface area contributed by atoms with E-state index >= 15 is 0 Å². The van der Waals surface area contributed by atoms with Crippen LogP contribution in [0.4, 0.5) is 0 Å². The van der Waals surface area contributed by atoms with Crippen LogP contribution in [0.5, 0.6) is 0 Å². The van der Waals surface area contributed by atoms with Crippen LogP contribution in [-0.4, -0.2) is 58.3 Å². The maximum absolute atomic E-state index is 11.5. The van der Waals surface area contributed by atoms with E-state index in [-0.39, 0.29) is 35.4 Å². The monoisotopic (exact) mass is 497 g/mol. The molecule has 0 bridgehead atoms. The first kappa shape index (κ1) is 25.2. The summed E-state index contributed by atoms with van der Waals surface area (Å²) in [5, 5.41) is 2.20. The average molecular weight is 498 g/mol. The maximum Gasteiger partial charge on any atom is 0.261 e. The Kier molecular flexibility index (Phi) is 7.06. The highest BCUT2D eigenvalue weighted by molar-refractivity contribution is 6.22. The Bertz CT molecular complexity index is 1280. The molecule has 0 spiro atoms. The summed E-state index contributed by atoms with van der Waals surface area (Å²) < 4.78 is 0. The maximum atomic E-state index is 11.5. The van der Waals surface area contributed by atoms with Crippen molar-refractivity contribution in [1.82, 2.24) is 15.1 Å². The zero-order valence-electron chi connectivity index (χ0n) is 20.2. The van der Waals surface area contributed by atoms with Crippen molar-refractivity contribution >= 4 is 35.4 Å². The summed E-state index contributed by atoms with van der Waals surface area (Å²) in [5.74, 6) is -1.31. The molecule has 1 N–H and O–H groups in total. The molecule has 9 heteroatoms. The number of carbonyl (C=O) groups excluding carboxylic acids is 6. The van der Waals surface area contributed by atoms with Crippen molar-refractivity contribution in [2.75, 3.05) is 13.1 Å². The van der Waals surface area contributed by atoms with E-state index in [0.717, 1.165) is 0 Å². The van der Waals surface area contributed by atoms with Crippen LogP contribution in [0.15, 0.2) is 72.8 Å². The highest BCUT2D eigenvalue weighted by atomic mass is 16.2. The number of hydrogen-bond acceptors (Lipinski definition) is 6. The van der Waals surface area contributed by atoms with Crippen LogP contribution >= 0.6 is 0 Å². The van der Waals surface area contributed by atoms with E-state index in [2.05, 4.69) is 5.32 Å². The molecule has 0 saturated carbocycles. The lowest BCUT2D eigenvalue weighted by molar-refractivity contribution is 0.0647. The van der Waals surface area contributed by atoms with E-state index in [0.29, 0.717) is 46.5 Å². The minimum atomic E-state index is -0.300. The first-order valence-electron chi connectivity index (χ1n) is 11.6. The Morgan fingerprint density at radius 1 is 0.459 bits per heavy atom. The van der Waals surface area contributed by atoms with Gasteiger partial charge in [0.05, 0.1) is 33.4 Å². The molecule has 0 atom stereocenters. The van der Waals surface area contributed by atoms with E-state index < -0.39 is 0 Å². The molecule has 186 valence electrons. The number of benzene rings is 3. The van der Waals surface area contributed by atoms with Gasteiger partial charge in [-0.05, 0) is 50.2 Å². The molecule has 3 aliphatic heterocycles. The second-order valence-electron chi connectivity index (χ2n) is 8.13. The minimum absolute atomic E-state index is 0.178. The number of hydrogen-bond donors (Lipinski definition) is 1. The van der Waals surface area contributed by atoms with Gasteiger partial charge >= 0.3 is 0 Å². The van der Waals surface area contributed by atoms with Crippen LogP contribution < -0.4 is 5.32 Å². The third-order valence-corrected chi connectivity index (χ3v) is 6.03. The topological polar surface area (TPSA) is 121 Å². The number of fused-ring (bicyclic) bond motifs is 3. The predicted molar refractivity (Wildman–Crippen MR) is 133 cm³/mol. The zero-order chi connectivity index (χ0) is 26.7. The van der Waals surface area contributed by atoms with Gasteiger partial charge in [0.2, 0.25) is 0 Å². The van der Waals surface area contributed by atoms with E-state index in [9.17, 15) is 28.8 Å². The van der Waals surface area contributed by atoms with Gasteiger partial charge in [-0.25, -0.2) is 0 Å². The van der Waals surface area contributed by atoms with Gasteiger partial charge in [0, 0.05) is 13.1 Å². The van der Waals surface area contributed by atoms with Gasteiger partial charge in [-0.1, -0.05) is 36.4 Å². The normalized spacial score (nSPS) is 14.9. The van der Waals surface area contributed by atoms with Gasteiger partial charge < -0.3 is 0 Å². The smallest absolute Gasteiger partial charge is 0.261 e. The second kappa shape index (κ2) is 10.4. The summed E-state index contributed by atoms with van der Waals surface area (Å²) in [6.45, 7) is 4.46. The lowest BCUT2D eigenvalue weighted by Crippen LogP contribution is -2.29. The number of nitrogens with zero attached hydrogens (tertiary/aromatic N) is 2. The predicted octanol–water partition coefficient (Wildman–Crippen LogP) is 3.18. The Morgan fingerprint density at radius 3 is 0.946 bits per heavy atom. The lowest BCUT2D eigenvalue weighted by atomic mass is 10.1. The molecule has 3 aliphatic rings. The second-order valence-corrected chi connectivity index (χ2v) is 8.13. The molecule has 37 heavy (non-hydrogen) atoms. The van der Waals surface area contributed by atoms with Gasteiger partial charge in [0.25, 0.3) is 35.4 Å².